The summed E-state index contributed by atoms with van der Waals surface area (Å²) in [4.78, 5) is 13.0. The van der Waals surface area contributed by atoms with Gasteiger partial charge in [0.2, 0.25) is 0 Å². The molecule has 1 aromatic carbocycles. The van der Waals surface area contributed by atoms with Gasteiger partial charge in [-0.2, -0.15) is 0 Å². The van der Waals surface area contributed by atoms with Gasteiger partial charge in [-0.05, 0) is 18.6 Å². The minimum Gasteiger partial charge on any atom is -0.328 e. The van der Waals surface area contributed by atoms with Crippen LogP contribution in [-0.4, -0.2) is 24.5 Å². The van der Waals surface area contributed by atoms with Crippen LogP contribution >= 0.6 is 0 Å². The van der Waals surface area contributed by atoms with Crippen molar-refractivity contribution in [3.63, 3.8) is 0 Å². The van der Waals surface area contributed by atoms with Crippen LogP contribution in [0.3, 0.4) is 0 Å². The lowest BCUT2D eigenvalue weighted by atomic mass is 10.3. The number of rotatable bonds is 4. The van der Waals surface area contributed by atoms with Gasteiger partial charge in [-0.25, -0.2) is 18.0 Å². The third-order valence-electron chi connectivity index (χ3n) is 2.47. The van der Waals surface area contributed by atoms with Gasteiger partial charge < -0.3 is 10.2 Å². The molecule has 0 saturated carbocycles. The molecule has 1 aromatic rings. The summed E-state index contributed by atoms with van der Waals surface area (Å²) < 4.78 is 38.9. The fraction of sp³-hybridized carbons (Fsp3) is 0.417. The lowest BCUT2D eigenvalue weighted by Gasteiger charge is -2.17. The zero-order chi connectivity index (χ0) is 13.7. The first-order valence-electron chi connectivity index (χ1n) is 5.63. The zero-order valence-corrected chi connectivity index (χ0v) is 10.3. The molecular formula is C12H15F3N2O. The van der Waals surface area contributed by atoms with E-state index in [9.17, 15) is 18.0 Å². The van der Waals surface area contributed by atoms with Gasteiger partial charge in [-0.3, -0.25) is 0 Å². The Morgan fingerprint density at radius 3 is 2.56 bits per heavy atom. The predicted molar refractivity (Wildman–Crippen MR) is 62.9 cm³/mol. The number of unbranched alkanes of at least 4 members (excludes halogenated alkanes) is 1. The topological polar surface area (TPSA) is 32.3 Å². The molecule has 6 heteroatoms. The first-order chi connectivity index (χ1) is 8.47. The van der Waals surface area contributed by atoms with E-state index in [1.807, 2.05) is 6.92 Å². The monoisotopic (exact) mass is 260 g/mol. The molecule has 0 heterocycles. The molecule has 0 aliphatic rings. The van der Waals surface area contributed by atoms with Crippen LogP contribution in [0.1, 0.15) is 19.8 Å². The van der Waals surface area contributed by atoms with Crippen LogP contribution < -0.4 is 5.32 Å². The number of hydrogen-bond donors (Lipinski definition) is 1. The smallest absolute Gasteiger partial charge is 0.321 e. The fourth-order valence-corrected chi connectivity index (χ4v) is 1.33. The van der Waals surface area contributed by atoms with E-state index in [-0.39, 0.29) is 5.69 Å². The summed E-state index contributed by atoms with van der Waals surface area (Å²) in [6, 6.07) is 1.19. The Bertz CT molecular complexity index is 438. The zero-order valence-electron chi connectivity index (χ0n) is 10.3. The molecule has 0 aliphatic carbocycles. The molecule has 1 rings (SSSR count). The van der Waals surface area contributed by atoms with E-state index in [2.05, 4.69) is 5.32 Å². The Labute approximate surface area is 104 Å². The molecule has 1 N–H and O–H groups in total. The molecule has 18 heavy (non-hydrogen) atoms. The van der Waals surface area contributed by atoms with Gasteiger partial charge in [0.05, 0.1) is 5.69 Å². The van der Waals surface area contributed by atoms with E-state index < -0.39 is 23.5 Å². The minimum atomic E-state index is -1.59. The molecule has 0 atom stereocenters. The van der Waals surface area contributed by atoms with E-state index in [1.165, 1.54) is 4.90 Å². The van der Waals surface area contributed by atoms with Crippen LogP contribution in [0.4, 0.5) is 23.7 Å². The molecule has 0 bridgehead atoms. The third-order valence-corrected chi connectivity index (χ3v) is 2.47. The summed E-state index contributed by atoms with van der Waals surface area (Å²) >= 11 is 0. The number of anilines is 1. The first kappa shape index (κ1) is 14.3. The average Bonchev–Trinajstić information content (AvgIpc) is 2.36. The van der Waals surface area contributed by atoms with Crippen LogP contribution in [-0.2, 0) is 0 Å². The lowest BCUT2D eigenvalue weighted by Crippen LogP contribution is -2.32. The number of carbonyl (C=O) groups excluding carboxylic acids is 1. The van der Waals surface area contributed by atoms with E-state index in [1.54, 1.807) is 7.05 Å². The highest BCUT2D eigenvalue weighted by molar-refractivity contribution is 5.89. The van der Waals surface area contributed by atoms with Crippen molar-refractivity contribution in [3.8, 4) is 0 Å². The summed E-state index contributed by atoms with van der Waals surface area (Å²) in [5.74, 6) is -4.28. The average molecular weight is 260 g/mol. The van der Waals surface area contributed by atoms with Crippen molar-refractivity contribution in [1.82, 2.24) is 4.90 Å². The number of benzene rings is 1. The van der Waals surface area contributed by atoms with Crippen molar-refractivity contribution in [2.75, 3.05) is 18.9 Å². The van der Waals surface area contributed by atoms with Gasteiger partial charge in [0.25, 0.3) is 0 Å². The van der Waals surface area contributed by atoms with Crippen LogP contribution in [0.15, 0.2) is 12.1 Å². The molecule has 3 nitrogen and oxygen atoms in total. The largest absolute Gasteiger partial charge is 0.328 e. The summed E-state index contributed by atoms with van der Waals surface area (Å²) in [6.45, 7) is 2.48. The van der Waals surface area contributed by atoms with Crippen molar-refractivity contribution in [1.29, 1.82) is 0 Å². The lowest BCUT2D eigenvalue weighted by molar-refractivity contribution is 0.221. The van der Waals surface area contributed by atoms with Crippen LogP contribution in [0.2, 0.25) is 0 Å². The van der Waals surface area contributed by atoms with Crippen molar-refractivity contribution < 1.29 is 18.0 Å². The maximum absolute atomic E-state index is 13.3. The Hall–Kier alpha value is -1.72. The number of nitrogens with one attached hydrogen (secondary N) is 1. The van der Waals surface area contributed by atoms with Gasteiger partial charge in [-0.1, -0.05) is 13.3 Å². The minimum absolute atomic E-state index is 0.373. The first-order valence-corrected chi connectivity index (χ1v) is 5.63. The van der Waals surface area contributed by atoms with Gasteiger partial charge in [0, 0.05) is 13.6 Å². The Morgan fingerprint density at radius 2 is 1.94 bits per heavy atom. The molecule has 2 amide bonds. The van der Waals surface area contributed by atoms with Gasteiger partial charge in [0.15, 0.2) is 17.5 Å². The quantitative estimate of drug-likeness (QED) is 0.827. The standard InChI is InChI=1S/C12H15F3N2O/c1-3-4-7-17(2)12(18)16-9-6-5-8(13)10(14)11(9)15/h5-6H,3-4,7H2,1-2H3,(H,16,18). The normalized spacial score (nSPS) is 10.3. The molecular weight excluding hydrogens is 245 g/mol. The van der Waals surface area contributed by atoms with Crippen LogP contribution in [0, 0.1) is 17.5 Å². The molecule has 0 aromatic heterocycles. The van der Waals surface area contributed by atoms with E-state index >= 15 is 0 Å². The maximum Gasteiger partial charge on any atom is 0.321 e. The highest BCUT2D eigenvalue weighted by atomic mass is 19.2. The molecule has 0 saturated heterocycles. The summed E-state index contributed by atoms with van der Waals surface area (Å²) in [5, 5.41) is 2.19. The summed E-state index contributed by atoms with van der Waals surface area (Å²) in [6.07, 6.45) is 1.72. The molecule has 0 fully saturated rings. The van der Waals surface area contributed by atoms with Gasteiger partial charge in [0.1, 0.15) is 0 Å². The Kier molecular flexibility index (Phi) is 5.00. The van der Waals surface area contributed by atoms with E-state index in [4.69, 9.17) is 0 Å². The van der Waals surface area contributed by atoms with Crippen molar-refractivity contribution in [3.05, 3.63) is 29.6 Å². The SMILES string of the molecule is CCCCN(C)C(=O)Nc1ccc(F)c(F)c1F. The van der Waals surface area contributed by atoms with Crippen molar-refractivity contribution in [2.24, 2.45) is 0 Å². The summed E-state index contributed by atoms with van der Waals surface area (Å²) in [5.41, 5.74) is -0.373. The van der Waals surface area contributed by atoms with E-state index in [0.29, 0.717) is 6.54 Å². The Balaban J connectivity index is 2.73. The van der Waals surface area contributed by atoms with Crippen molar-refractivity contribution >= 4 is 11.7 Å². The number of amides is 2. The molecule has 0 radical (unpaired) electrons. The fourth-order valence-electron chi connectivity index (χ4n) is 1.33. The molecule has 0 spiro atoms. The predicted octanol–water partition coefficient (Wildman–Crippen LogP) is 3.37. The Morgan fingerprint density at radius 1 is 1.28 bits per heavy atom. The highest BCUT2D eigenvalue weighted by Gasteiger charge is 2.16. The van der Waals surface area contributed by atoms with Crippen LogP contribution in [0.25, 0.3) is 0 Å². The van der Waals surface area contributed by atoms with Gasteiger partial charge >= 0.3 is 6.03 Å². The van der Waals surface area contributed by atoms with E-state index in [0.717, 1.165) is 25.0 Å². The highest BCUT2D eigenvalue weighted by Crippen LogP contribution is 2.19. The number of carbonyl (C=O) groups is 1. The number of nitrogens with zero attached hydrogens (tertiary/aromatic N) is 1. The summed E-state index contributed by atoms with van der Waals surface area (Å²) in [7, 11) is 1.54. The van der Waals surface area contributed by atoms with Crippen molar-refractivity contribution in [2.45, 2.75) is 19.8 Å². The number of hydrogen-bond acceptors (Lipinski definition) is 1. The third kappa shape index (κ3) is 3.38. The second-order valence-corrected chi connectivity index (χ2v) is 3.93. The second-order valence-electron chi connectivity index (χ2n) is 3.93. The van der Waals surface area contributed by atoms with Crippen LogP contribution in [0.5, 0.6) is 0 Å². The second kappa shape index (κ2) is 6.28. The molecule has 0 unspecified atom stereocenters. The number of urea groups is 1. The number of halogens is 3. The molecule has 100 valence electrons. The molecule has 0 aliphatic heterocycles. The maximum atomic E-state index is 13.3. The van der Waals surface area contributed by atoms with Gasteiger partial charge in [-0.15, -0.1) is 0 Å².